The lowest BCUT2D eigenvalue weighted by Crippen LogP contribution is -1.99. The van der Waals surface area contributed by atoms with Gasteiger partial charge in [-0.25, -0.2) is 0 Å². The zero-order valence-electron chi connectivity index (χ0n) is 8.70. The second-order valence-corrected chi connectivity index (χ2v) is 4.60. The standard InChI is InChI=1S/C12H12BrNO/c1-8(15)12(13)10-7-14(2)11-6-4-3-5-9(10)11/h3-7,12H,1-2H3. The molecule has 0 amide bonds. The third-order valence-corrected chi connectivity index (χ3v) is 3.70. The number of hydrogen-bond acceptors (Lipinski definition) is 1. The molecule has 0 saturated heterocycles. The molecule has 0 N–H and O–H groups in total. The molecule has 1 unspecified atom stereocenters. The minimum Gasteiger partial charge on any atom is -0.350 e. The van der Waals surface area contributed by atoms with E-state index >= 15 is 0 Å². The van der Waals surface area contributed by atoms with Gasteiger partial charge >= 0.3 is 0 Å². The number of hydrogen-bond donors (Lipinski definition) is 0. The molecule has 1 aromatic heterocycles. The van der Waals surface area contributed by atoms with Gasteiger partial charge < -0.3 is 4.57 Å². The first-order valence-corrected chi connectivity index (χ1v) is 5.71. The molecule has 0 aliphatic carbocycles. The molecule has 2 nitrogen and oxygen atoms in total. The molecule has 0 radical (unpaired) electrons. The van der Waals surface area contributed by atoms with E-state index < -0.39 is 0 Å². The molecule has 1 atom stereocenters. The number of halogens is 1. The van der Waals surface area contributed by atoms with Crippen molar-refractivity contribution in [3.05, 3.63) is 36.0 Å². The number of rotatable bonds is 2. The van der Waals surface area contributed by atoms with Gasteiger partial charge in [0.15, 0.2) is 0 Å². The summed E-state index contributed by atoms with van der Waals surface area (Å²) in [6.07, 6.45) is 2.01. The van der Waals surface area contributed by atoms with E-state index in [1.54, 1.807) is 6.92 Å². The largest absolute Gasteiger partial charge is 0.350 e. The van der Waals surface area contributed by atoms with Crippen molar-refractivity contribution in [3.8, 4) is 0 Å². The summed E-state index contributed by atoms with van der Waals surface area (Å²) in [7, 11) is 1.99. The fraction of sp³-hybridized carbons (Fsp3) is 0.250. The van der Waals surface area contributed by atoms with Gasteiger partial charge in [-0.15, -0.1) is 0 Å². The molecule has 0 saturated carbocycles. The number of aromatic nitrogens is 1. The molecule has 0 fully saturated rings. The van der Waals surface area contributed by atoms with Gasteiger partial charge in [0.1, 0.15) is 5.78 Å². The molecule has 1 heterocycles. The molecule has 0 aliphatic rings. The molecule has 0 spiro atoms. The fourth-order valence-electron chi connectivity index (χ4n) is 1.79. The first-order valence-electron chi connectivity index (χ1n) is 4.79. The highest BCUT2D eigenvalue weighted by atomic mass is 79.9. The number of carbonyl (C=O) groups excluding carboxylic acids is 1. The Morgan fingerprint density at radius 3 is 2.73 bits per heavy atom. The summed E-state index contributed by atoms with van der Waals surface area (Å²) >= 11 is 3.42. The SMILES string of the molecule is CC(=O)C(Br)c1cn(C)c2ccccc12. The van der Waals surface area contributed by atoms with Gasteiger partial charge in [0, 0.05) is 24.1 Å². The second kappa shape index (κ2) is 3.81. The van der Waals surface area contributed by atoms with Crippen molar-refractivity contribution < 1.29 is 4.79 Å². The molecule has 0 bridgehead atoms. The molecule has 3 heteroatoms. The van der Waals surface area contributed by atoms with E-state index in [9.17, 15) is 4.79 Å². The number of fused-ring (bicyclic) bond motifs is 1. The van der Waals surface area contributed by atoms with Crippen molar-refractivity contribution in [1.29, 1.82) is 0 Å². The lowest BCUT2D eigenvalue weighted by Gasteiger charge is -2.03. The van der Waals surface area contributed by atoms with Crippen LogP contribution in [-0.4, -0.2) is 10.4 Å². The predicted octanol–water partition coefficient (Wildman–Crippen LogP) is 3.20. The van der Waals surface area contributed by atoms with Crippen molar-refractivity contribution in [2.45, 2.75) is 11.8 Å². The van der Waals surface area contributed by atoms with E-state index in [2.05, 4.69) is 22.0 Å². The number of alkyl halides is 1. The zero-order valence-corrected chi connectivity index (χ0v) is 10.3. The summed E-state index contributed by atoms with van der Waals surface area (Å²) in [5.74, 6) is 0.131. The summed E-state index contributed by atoms with van der Waals surface area (Å²) in [4.78, 5) is 11.1. The number of benzene rings is 1. The zero-order chi connectivity index (χ0) is 11.0. The number of nitrogens with zero attached hydrogens (tertiary/aromatic N) is 1. The van der Waals surface area contributed by atoms with Crippen LogP contribution in [0.4, 0.5) is 0 Å². The van der Waals surface area contributed by atoms with Gasteiger partial charge in [-0.1, -0.05) is 34.1 Å². The van der Waals surface area contributed by atoms with E-state index in [-0.39, 0.29) is 10.6 Å². The minimum atomic E-state index is -0.205. The number of para-hydroxylation sites is 1. The van der Waals surface area contributed by atoms with Crippen LogP contribution in [-0.2, 0) is 11.8 Å². The summed E-state index contributed by atoms with van der Waals surface area (Å²) < 4.78 is 2.04. The minimum absolute atomic E-state index is 0.131. The topological polar surface area (TPSA) is 22.0 Å². The Morgan fingerprint density at radius 1 is 1.40 bits per heavy atom. The van der Waals surface area contributed by atoms with Gasteiger partial charge in [0.25, 0.3) is 0 Å². The molecular weight excluding hydrogens is 254 g/mol. The van der Waals surface area contributed by atoms with Crippen LogP contribution in [0.25, 0.3) is 10.9 Å². The maximum atomic E-state index is 11.3. The van der Waals surface area contributed by atoms with Crippen LogP contribution in [0.2, 0.25) is 0 Å². The monoisotopic (exact) mass is 265 g/mol. The quantitative estimate of drug-likeness (QED) is 0.765. The molecule has 15 heavy (non-hydrogen) atoms. The first kappa shape index (κ1) is 10.4. The highest BCUT2D eigenvalue weighted by Crippen LogP contribution is 2.31. The van der Waals surface area contributed by atoms with Crippen molar-refractivity contribution in [2.75, 3.05) is 0 Å². The molecule has 1 aromatic carbocycles. The Kier molecular flexibility index (Phi) is 2.65. The average Bonchev–Trinajstić information content (AvgIpc) is 2.56. The van der Waals surface area contributed by atoms with E-state index in [0.717, 1.165) is 16.5 Å². The molecule has 78 valence electrons. The van der Waals surface area contributed by atoms with E-state index in [1.807, 2.05) is 36.0 Å². The molecular formula is C12H12BrNO. The number of carbonyl (C=O) groups is 1. The predicted molar refractivity (Wildman–Crippen MR) is 65.3 cm³/mol. The van der Waals surface area contributed by atoms with Crippen molar-refractivity contribution >= 4 is 32.6 Å². The van der Waals surface area contributed by atoms with Crippen LogP contribution in [0.3, 0.4) is 0 Å². The Bertz CT molecular complexity index is 515. The van der Waals surface area contributed by atoms with Gasteiger partial charge in [-0.3, -0.25) is 4.79 Å². The lowest BCUT2D eigenvalue weighted by atomic mass is 10.1. The van der Waals surface area contributed by atoms with Crippen LogP contribution in [0, 0.1) is 0 Å². The Balaban J connectivity index is 2.67. The smallest absolute Gasteiger partial charge is 0.147 e. The first-order chi connectivity index (χ1) is 7.11. The normalized spacial score (nSPS) is 13.0. The summed E-state index contributed by atoms with van der Waals surface area (Å²) in [5.41, 5.74) is 2.19. The Labute approximate surface area is 97.0 Å². The van der Waals surface area contributed by atoms with Crippen LogP contribution < -0.4 is 0 Å². The lowest BCUT2D eigenvalue weighted by molar-refractivity contribution is -0.116. The number of aryl methyl sites for hydroxylation is 1. The average molecular weight is 266 g/mol. The van der Waals surface area contributed by atoms with Crippen LogP contribution >= 0.6 is 15.9 Å². The van der Waals surface area contributed by atoms with E-state index in [1.165, 1.54) is 0 Å². The van der Waals surface area contributed by atoms with Crippen molar-refractivity contribution in [1.82, 2.24) is 4.57 Å². The third-order valence-electron chi connectivity index (χ3n) is 2.56. The molecule has 2 rings (SSSR count). The van der Waals surface area contributed by atoms with Crippen molar-refractivity contribution in [2.24, 2.45) is 7.05 Å². The van der Waals surface area contributed by atoms with E-state index in [4.69, 9.17) is 0 Å². The Hall–Kier alpha value is -1.09. The van der Waals surface area contributed by atoms with Crippen molar-refractivity contribution in [3.63, 3.8) is 0 Å². The second-order valence-electron chi connectivity index (χ2n) is 3.69. The highest BCUT2D eigenvalue weighted by Gasteiger charge is 2.17. The van der Waals surface area contributed by atoms with Gasteiger partial charge in [0.2, 0.25) is 0 Å². The van der Waals surface area contributed by atoms with E-state index in [0.29, 0.717) is 0 Å². The molecule has 0 aliphatic heterocycles. The maximum Gasteiger partial charge on any atom is 0.147 e. The Morgan fingerprint density at radius 2 is 2.07 bits per heavy atom. The van der Waals surface area contributed by atoms with Crippen LogP contribution in [0.1, 0.15) is 17.3 Å². The van der Waals surface area contributed by atoms with Crippen LogP contribution in [0.15, 0.2) is 30.5 Å². The van der Waals surface area contributed by atoms with Gasteiger partial charge in [-0.05, 0) is 18.6 Å². The number of Topliss-reactive ketones (excluding diaryl/α,β-unsaturated/α-hetero) is 1. The fourth-order valence-corrected chi connectivity index (χ4v) is 2.16. The van der Waals surface area contributed by atoms with Gasteiger partial charge in [0.05, 0.1) is 4.83 Å². The highest BCUT2D eigenvalue weighted by molar-refractivity contribution is 9.09. The number of ketones is 1. The summed E-state index contributed by atoms with van der Waals surface area (Å²) in [6, 6.07) is 8.09. The maximum absolute atomic E-state index is 11.3. The summed E-state index contributed by atoms with van der Waals surface area (Å²) in [6.45, 7) is 1.60. The summed E-state index contributed by atoms with van der Waals surface area (Å²) in [5, 5.41) is 1.14. The van der Waals surface area contributed by atoms with Gasteiger partial charge in [-0.2, -0.15) is 0 Å². The third kappa shape index (κ3) is 1.72. The molecule has 2 aromatic rings. The van der Waals surface area contributed by atoms with Crippen LogP contribution in [0.5, 0.6) is 0 Å².